The third kappa shape index (κ3) is 3.55. The maximum atomic E-state index is 10.8. The minimum absolute atomic E-state index is 0.161. The van der Waals surface area contributed by atoms with Gasteiger partial charge in [-0.25, -0.2) is 0 Å². The maximum Gasteiger partial charge on any atom is 0.224 e. The molecule has 70 valence electrons. The molecule has 1 unspecified atom stereocenters. The third-order valence-electron chi connectivity index (χ3n) is 2.11. The molecule has 1 atom stereocenters. The second-order valence-electron chi connectivity index (χ2n) is 3.55. The summed E-state index contributed by atoms with van der Waals surface area (Å²) in [5.41, 5.74) is -0.461. The standard InChI is InChI=1S/C8H12Cl2O2/c1-5(7(10)12)8(2,3)4-6(9)11/h5H,4H2,1-3H3. The van der Waals surface area contributed by atoms with E-state index in [-0.39, 0.29) is 12.3 Å². The Hall–Kier alpha value is -0.0800. The summed E-state index contributed by atoms with van der Waals surface area (Å²) in [6.07, 6.45) is 0.161. The molecule has 0 rings (SSSR count). The molecule has 0 heterocycles. The van der Waals surface area contributed by atoms with Gasteiger partial charge in [0.15, 0.2) is 0 Å². The Morgan fingerprint density at radius 2 is 1.75 bits per heavy atom. The van der Waals surface area contributed by atoms with E-state index in [1.54, 1.807) is 20.8 Å². The van der Waals surface area contributed by atoms with Crippen LogP contribution in [0.15, 0.2) is 0 Å². The Balaban J connectivity index is 4.38. The molecule has 0 aromatic carbocycles. The van der Waals surface area contributed by atoms with Gasteiger partial charge in [-0.05, 0) is 28.6 Å². The average Bonchev–Trinajstić information content (AvgIpc) is 1.82. The lowest BCUT2D eigenvalue weighted by atomic mass is 9.78. The molecule has 0 aliphatic rings. The number of carbonyl (C=O) groups is 2. The molecule has 4 heteroatoms. The highest BCUT2D eigenvalue weighted by Gasteiger charge is 2.31. The lowest BCUT2D eigenvalue weighted by molar-refractivity contribution is -0.119. The molecular formula is C8H12Cl2O2. The van der Waals surface area contributed by atoms with Gasteiger partial charge in [-0.3, -0.25) is 9.59 Å². The average molecular weight is 211 g/mol. The first kappa shape index (κ1) is 11.9. The van der Waals surface area contributed by atoms with Crippen molar-refractivity contribution in [1.82, 2.24) is 0 Å². The van der Waals surface area contributed by atoms with Gasteiger partial charge in [0.05, 0.1) is 0 Å². The molecule has 0 radical (unpaired) electrons. The molecule has 0 saturated heterocycles. The number of hydrogen-bond acceptors (Lipinski definition) is 2. The van der Waals surface area contributed by atoms with Crippen LogP contribution < -0.4 is 0 Å². The lowest BCUT2D eigenvalue weighted by Crippen LogP contribution is -2.27. The number of carbonyl (C=O) groups excluding carboxylic acids is 2. The molecule has 0 aliphatic heterocycles. The van der Waals surface area contributed by atoms with Crippen molar-refractivity contribution in [1.29, 1.82) is 0 Å². The van der Waals surface area contributed by atoms with E-state index >= 15 is 0 Å². The fraction of sp³-hybridized carbons (Fsp3) is 0.750. The van der Waals surface area contributed by atoms with E-state index in [1.165, 1.54) is 0 Å². The number of hydrogen-bond donors (Lipinski definition) is 0. The van der Waals surface area contributed by atoms with E-state index in [0.717, 1.165) is 0 Å². The van der Waals surface area contributed by atoms with Crippen LogP contribution in [0.3, 0.4) is 0 Å². The Kier molecular flexibility index (Phi) is 4.21. The lowest BCUT2D eigenvalue weighted by Gasteiger charge is -2.27. The van der Waals surface area contributed by atoms with Crippen molar-refractivity contribution >= 4 is 33.7 Å². The zero-order valence-electron chi connectivity index (χ0n) is 7.36. The van der Waals surface area contributed by atoms with Gasteiger partial charge in [-0.1, -0.05) is 20.8 Å². The Labute approximate surface area is 82.2 Å². The van der Waals surface area contributed by atoms with Crippen molar-refractivity contribution in [2.24, 2.45) is 11.3 Å². The van der Waals surface area contributed by atoms with Crippen LogP contribution in [-0.4, -0.2) is 10.5 Å². The zero-order valence-corrected chi connectivity index (χ0v) is 8.87. The smallest absolute Gasteiger partial charge is 0.224 e. The van der Waals surface area contributed by atoms with Gasteiger partial charge in [0.25, 0.3) is 0 Å². The predicted octanol–water partition coefficient (Wildman–Crippen LogP) is 2.57. The van der Waals surface area contributed by atoms with Gasteiger partial charge in [0.2, 0.25) is 10.5 Å². The van der Waals surface area contributed by atoms with E-state index in [4.69, 9.17) is 23.2 Å². The third-order valence-corrected chi connectivity index (χ3v) is 2.57. The Bertz CT molecular complexity index is 199. The largest absolute Gasteiger partial charge is 0.281 e. The molecule has 0 amide bonds. The van der Waals surface area contributed by atoms with Crippen LogP contribution >= 0.6 is 23.2 Å². The van der Waals surface area contributed by atoms with Crippen molar-refractivity contribution in [3.05, 3.63) is 0 Å². The highest BCUT2D eigenvalue weighted by molar-refractivity contribution is 6.64. The van der Waals surface area contributed by atoms with Gasteiger partial charge in [-0.2, -0.15) is 0 Å². The number of halogens is 2. The minimum atomic E-state index is -0.461. The van der Waals surface area contributed by atoms with Gasteiger partial charge in [0.1, 0.15) is 0 Å². The summed E-state index contributed by atoms with van der Waals surface area (Å²) in [4.78, 5) is 21.4. The molecule has 0 fully saturated rings. The van der Waals surface area contributed by atoms with Crippen LogP contribution in [0.1, 0.15) is 27.2 Å². The van der Waals surface area contributed by atoms with Crippen molar-refractivity contribution in [2.45, 2.75) is 27.2 Å². The fourth-order valence-corrected chi connectivity index (χ4v) is 1.46. The Morgan fingerprint density at radius 1 is 1.33 bits per heavy atom. The topological polar surface area (TPSA) is 34.1 Å². The van der Waals surface area contributed by atoms with Crippen LogP contribution in [0.2, 0.25) is 0 Å². The quantitative estimate of drug-likeness (QED) is 0.669. The first-order chi connectivity index (χ1) is 5.27. The normalized spacial score (nSPS) is 14.1. The SMILES string of the molecule is CC(C(=O)Cl)C(C)(C)CC(=O)Cl. The van der Waals surface area contributed by atoms with Crippen LogP contribution in [0, 0.1) is 11.3 Å². The van der Waals surface area contributed by atoms with E-state index in [0.29, 0.717) is 0 Å². The second-order valence-corrected chi connectivity index (χ2v) is 4.34. The minimum Gasteiger partial charge on any atom is -0.281 e. The van der Waals surface area contributed by atoms with Crippen molar-refractivity contribution in [3.8, 4) is 0 Å². The van der Waals surface area contributed by atoms with Crippen molar-refractivity contribution in [3.63, 3.8) is 0 Å². The highest BCUT2D eigenvalue weighted by atomic mass is 35.5. The first-order valence-corrected chi connectivity index (χ1v) is 4.40. The number of rotatable bonds is 4. The van der Waals surface area contributed by atoms with E-state index in [1.807, 2.05) is 0 Å². The summed E-state index contributed by atoms with van der Waals surface area (Å²) in [6.45, 7) is 5.27. The molecule has 12 heavy (non-hydrogen) atoms. The van der Waals surface area contributed by atoms with E-state index < -0.39 is 15.9 Å². The fourth-order valence-electron chi connectivity index (χ4n) is 0.819. The molecule has 2 nitrogen and oxygen atoms in total. The molecule has 0 bridgehead atoms. The van der Waals surface area contributed by atoms with E-state index in [2.05, 4.69) is 0 Å². The van der Waals surface area contributed by atoms with Gasteiger partial charge < -0.3 is 0 Å². The Morgan fingerprint density at radius 3 is 2.00 bits per heavy atom. The molecule has 0 aromatic heterocycles. The molecule has 0 aliphatic carbocycles. The van der Waals surface area contributed by atoms with Crippen molar-refractivity contribution < 1.29 is 9.59 Å². The van der Waals surface area contributed by atoms with Gasteiger partial charge in [-0.15, -0.1) is 0 Å². The monoisotopic (exact) mass is 210 g/mol. The van der Waals surface area contributed by atoms with Crippen molar-refractivity contribution in [2.75, 3.05) is 0 Å². The predicted molar refractivity (Wildman–Crippen MR) is 49.3 cm³/mol. The highest BCUT2D eigenvalue weighted by Crippen LogP contribution is 2.32. The van der Waals surface area contributed by atoms with Gasteiger partial charge >= 0.3 is 0 Å². The molecule has 0 saturated carbocycles. The second kappa shape index (κ2) is 4.24. The summed E-state index contributed by atoms with van der Waals surface area (Å²) in [5, 5.41) is -0.873. The summed E-state index contributed by atoms with van der Waals surface area (Å²) in [6, 6.07) is 0. The first-order valence-electron chi connectivity index (χ1n) is 3.65. The van der Waals surface area contributed by atoms with Crippen LogP contribution in [0.25, 0.3) is 0 Å². The molecular weight excluding hydrogens is 199 g/mol. The van der Waals surface area contributed by atoms with Crippen LogP contribution in [0.5, 0.6) is 0 Å². The summed E-state index contributed by atoms with van der Waals surface area (Å²) in [7, 11) is 0. The van der Waals surface area contributed by atoms with Crippen LogP contribution in [0.4, 0.5) is 0 Å². The maximum absolute atomic E-state index is 10.8. The molecule has 0 aromatic rings. The van der Waals surface area contributed by atoms with Crippen LogP contribution in [-0.2, 0) is 9.59 Å². The summed E-state index contributed by atoms with van der Waals surface area (Å²) in [5.74, 6) is -0.359. The van der Waals surface area contributed by atoms with E-state index in [9.17, 15) is 9.59 Å². The van der Waals surface area contributed by atoms with Gasteiger partial charge in [0, 0.05) is 12.3 Å². The molecule has 0 spiro atoms. The molecule has 0 N–H and O–H groups in total. The zero-order chi connectivity index (χ0) is 9.94. The summed E-state index contributed by atoms with van der Waals surface area (Å²) < 4.78 is 0. The summed E-state index contributed by atoms with van der Waals surface area (Å²) >= 11 is 10.5.